The predicted molar refractivity (Wildman–Crippen MR) is 92.4 cm³/mol. The first-order chi connectivity index (χ1) is 11.8. The maximum absolute atomic E-state index is 11.4. The van der Waals surface area contributed by atoms with Crippen molar-refractivity contribution in [2.45, 2.75) is 26.7 Å². The van der Waals surface area contributed by atoms with Gasteiger partial charge in [-0.05, 0) is 32.6 Å². The van der Waals surface area contributed by atoms with Gasteiger partial charge in [0.1, 0.15) is 0 Å². The van der Waals surface area contributed by atoms with Crippen LogP contribution >= 0.6 is 0 Å². The van der Waals surface area contributed by atoms with Crippen molar-refractivity contribution in [2.75, 3.05) is 17.2 Å². The van der Waals surface area contributed by atoms with Gasteiger partial charge in [-0.25, -0.2) is 0 Å². The number of allylic oxidation sites excluding steroid dienone is 3. The number of esters is 2. The van der Waals surface area contributed by atoms with E-state index < -0.39 is 0 Å². The van der Waals surface area contributed by atoms with E-state index in [1.165, 1.54) is 5.57 Å². The molecule has 3 rings (SSSR count). The molecule has 2 heterocycles. The zero-order chi connectivity index (χ0) is 18.6. The molecule has 1 aromatic heterocycles. The second-order valence-electron chi connectivity index (χ2n) is 6.18. The van der Waals surface area contributed by atoms with E-state index in [-0.39, 0.29) is 41.6 Å². The number of carbonyl (C=O) groups excluding carboxylic acids is 2. The number of ether oxygens (including phenoxy) is 1. The maximum Gasteiger partial charge on any atom is 0.321 e. The molecular weight excluding hydrogens is 324 g/mol. The molecule has 0 bridgehead atoms. The van der Waals surface area contributed by atoms with E-state index in [9.17, 15) is 9.59 Å². The molecule has 25 heavy (non-hydrogen) atoms. The number of cyclic esters (lactones) is 2. The van der Waals surface area contributed by atoms with E-state index in [0.29, 0.717) is 5.92 Å². The van der Waals surface area contributed by atoms with Crippen LogP contribution < -0.4 is 17.2 Å². The third kappa shape index (κ3) is 5.00. The Balaban J connectivity index is 0.000000212. The number of nitrogen functional groups attached to an aromatic ring is 3. The van der Waals surface area contributed by atoms with Crippen LogP contribution in [0, 0.1) is 17.8 Å². The Labute approximate surface area is 145 Å². The highest BCUT2D eigenvalue weighted by Crippen LogP contribution is 2.36. The molecule has 1 saturated heterocycles. The van der Waals surface area contributed by atoms with Gasteiger partial charge >= 0.3 is 11.9 Å². The number of rotatable bonds is 2. The lowest BCUT2D eigenvalue weighted by Crippen LogP contribution is -2.22. The normalized spacial score (nSPS) is 24.0. The highest BCUT2D eigenvalue weighted by atomic mass is 16.6. The molecule has 1 aliphatic heterocycles. The molecule has 0 spiro atoms. The average molecular weight is 346 g/mol. The summed E-state index contributed by atoms with van der Waals surface area (Å²) in [6.45, 7) is 4.12. The van der Waals surface area contributed by atoms with Gasteiger partial charge in [0.2, 0.25) is 17.8 Å². The summed E-state index contributed by atoms with van der Waals surface area (Å²) in [5.41, 5.74) is 16.7. The fourth-order valence-corrected chi connectivity index (χ4v) is 2.68. The van der Waals surface area contributed by atoms with Gasteiger partial charge in [-0.2, -0.15) is 15.0 Å². The Morgan fingerprint density at radius 1 is 1.08 bits per heavy atom. The van der Waals surface area contributed by atoms with Gasteiger partial charge < -0.3 is 21.9 Å². The summed E-state index contributed by atoms with van der Waals surface area (Å²) >= 11 is 0. The minimum Gasteiger partial charge on any atom is -0.392 e. The van der Waals surface area contributed by atoms with Crippen molar-refractivity contribution >= 4 is 29.8 Å². The van der Waals surface area contributed by atoms with Gasteiger partial charge in [-0.1, -0.05) is 23.8 Å². The number of nitrogens with two attached hydrogens (primary N) is 3. The van der Waals surface area contributed by atoms with Gasteiger partial charge in [0.25, 0.3) is 0 Å². The van der Waals surface area contributed by atoms with Gasteiger partial charge in [0, 0.05) is 0 Å². The number of hydrogen-bond donors (Lipinski definition) is 3. The molecule has 1 aliphatic carbocycles. The van der Waals surface area contributed by atoms with Gasteiger partial charge in [0.15, 0.2) is 0 Å². The highest BCUT2D eigenvalue weighted by molar-refractivity contribution is 5.97. The van der Waals surface area contributed by atoms with Crippen LogP contribution in [-0.4, -0.2) is 26.9 Å². The SMILES string of the molecule is CC(C)=CCC1C=CC2C(=O)OC(=O)C2C1.Nc1nc(N)nc(N)n1. The van der Waals surface area contributed by atoms with Crippen LogP contribution in [-0.2, 0) is 14.3 Å². The Morgan fingerprint density at radius 2 is 1.64 bits per heavy atom. The lowest BCUT2D eigenvalue weighted by Gasteiger charge is -2.21. The first-order valence-corrected chi connectivity index (χ1v) is 7.86. The zero-order valence-corrected chi connectivity index (χ0v) is 14.2. The molecule has 0 radical (unpaired) electrons. The minimum atomic E-state index is -0.382. The van der Waals surface area contributed by atoms with Crippen LogP contribution in [0.1, 0.15) is 26.7 Å². The number of fused-ring (bicyclic) bond motifs is 1. The van der Waals surface area contributed by atoms with Crippen LogP contribution in [0.4, 0.5) is 17.8 Å². The number of aromatic nitrogens is 3. The first kappa shape index (κ1) is 18.4. The van der Waals surface area contributed by atoms with E-state index in [1.807, 2.05) is 12.2 Å². The fourth-order valence-electron chi connectivity index (χ4n) is 2.68. The van der Waals surface area contributed by atoms with E-state index in [2.05, 4.69) is 39.6 Å². The fraction of sp³-hybridized carbons (Fsp3) is 0.438. The van der Waals surface area contributed by atoms with Gasteiger partial charge in [0.05, 0.1) is 11.8 Å². The van der Waals surface area contributed by atoms with Crippen LogP contribution in [0.2, 0.25) is 0 Å². The van der Waals surface area contributed by atoms with Crippen molar-refractivity contribution in [1.29, 1.82) is 0 Å². The zero-order valence-electron chi connectivity index (χ0n) is 14.2. The quantitative estimate of drug-likeness (QED) is 0.400. The second-order valence-corrected chi connectivity index (χ2v) is 6.18. The second kappa shape index (κ2) is 7.73. The lowest BCUT2D eigenvalue weighted by atomic mass is 9.79. The summed E-state index contributed by atoms with van der Waals surface area (Å²) in [7, 11) is 0. The van der Waals surface area contributed by atoms with E-state index in [1.54, 1.807) is 0 Å². The topological polar surface area (TPSA) is 160 Å². The highest BCUT2D eigenvalue weighted by Gasteiger charge is 2.45. The molecule has 3 atom stereocenters. The Bertz CT molecular complexity index is 676. The van der Waals surface area contributed by atoms with Gasteiger partial charge in [-0.3, -0.25) is 9.59 Å². The van der Waals surface area contributed by atoms with Crippen molar-refractivity contribution in [1.82, 2.24) is 15.0 Å². The Hall–Kier alpha value is -2.97. The molecular formula is C16H22N6O3. The summed E-state index contributed by atoms with van der Waals surface area (Å²) in [6, 6.07) is 0. The number of anilines is 3. The Kier molecular flexibility index (Phi) is 5.68. The van der Waals surface area contributed by atoms with Crippen molar-refractivity contribution in [2.24, 2.45) is 17.8 Å². The molecule has 0 saturated carbocycles. The van der Waals surface area contributed by atoms with E-state index in [0.717, 1.165) is 12.8 Å². The molecule has 0 aromatic carbocycles. The van der Waals surface area contributed by atoms with Gasteiger partial charge in [-0.15, -0.1) is 0 Å². The van der Waals surface area contributed by atoms with Crippen molar-refractivity contribution in [3.8, 4) is 0 Å². The molecule has 6 N–H and O–H groups in total. The average Bonchev–Trinajstić information content (AvgIpc) is 2.79. The van der Waals surface area contributed by atoms with Crippen molar-refractivity contribution < 1.29 is 14.3 Å². The molecule has 9 heteroatoms. The monoisotopic (exact) mass is 346 g/mol. The maximum atomic E-state index is 11.4. The molecule has 0 amide bonds. The number of carbonyl (C=O) groups is 2. The van der Waals surface area contributed by atoms with Crippen molar-refractivity contribution in [3.63, 3.8) is 0 Å². The smallest absolute Gasteiger partial charge is 0.321 e. The number of hydrogen-bond acceptors (Lipinski definition) is 9. The molecule has 134 valence electrons. The summed E-state index contributed by atoms with van der Waals surface area (Å²) in [5, 5.41) is 0. The standard InChI is InChI=1S/C13H16O3.C3H6N6/c1-8(2)3-4-9-5-6-10-11(7-9)13(15)16-12(10)14;4-1-7-2(5)9-3(6)8-1/h3,5-6,9-11H,4,7H2,1-2H3;(H6,4,5,6,7,8,9). The third-order valence-electron chi connectivity index (χ3n) is 3.87. The lowest BCUT2D eigenvalue weighted by molar-refractivity contribution is -0.153. The van der Waals surface area contributed by atoms with E-state index in [4.69, 9.17) is 17.2 Å². The van der Waals surface area contributed by atoms with Crippen LogP contribution in [0.3, 0.4) is 0 Å². The Morgan fingerprint density at radius 3 is 2.16 bits per heavy atom. The molecule has 1 fully saturated rings. The van der Waals surface area contributed by atoms with Crippen LogP contribution in [0.5, 0.6) is 0 Å². The van der Waals surface area contributed by atoms with Crippen molar-refractivity contribution in [3.05, 3.63) is 23.8 Å². The summed E-state index contributed by atoms with van der Waals surface area (Å²) in [4.78, 5) is 33.2. The summed E-state index contributed by atoms with van der Waals surface area (Å²) in [6.07, 6.45) is 7.71. The third-order valence-corrected chi connectivity index (χ3v) is 3.87. The molecule has 3 unspecified atom stereocenters. The number of nitrogens with zero attached hydrogens (tertiary/aromatic N) is 3. The predicted octanol–water partition coefficient (Wildman–Crippen LogP) is 0.853. The van der Waals surface area contributed by atoms with Crippen LogP contribution in [0.25, 0.3) is 0 Å². The summed E-state index contributed by atoms with van der Waals surface area (Å²) < 4.78 is 4.64. The molecule has 9 nitrogen and oxygen atoms in total. The largest absolute Gasteiger partial charge is 0.392 e. The van der Waals surface area contributed by atoms with Crippen LogP contribution in [0.15, 0.2) is 23.8 Å². The minimum absolute atomic E-state index is 0.0417. The molecule has 1 aromatic rings. The first-order valence-electron chi connectivity index (χ1n) is 7.86. The molecule has 2 aliphatic rings. The van der Waals surface area contributed by atoms with E-state index >= 15 is 0 Å². The summed E-state index contributed by atoms with van der Waals surface area (Å²) in [5.74, 6) is -0.813.